The molecule has 1 amide bonds. The molecule has 7 heteroatoms. The Bertz CT molecular complexity index is 1160. The zero-order valence-electron chi connectivity index (χ0n) is 16.7. The van der Waals surface area contributed by atoms with Crippen molar-refractivity contribution in [2.24, 2.45) is 0 Å². The number of pyridine rings is 1. The molecule has 1 saturated heterocycles. The highest BCUT2D eigenvalue weighted by atomic mass is 16.2. The summed E-state index contributed by atoms with van der Waals surface area (Å²) in [5.74, 6) is 0.0286. The second-order valence-electron chi connectivity index (χ2n) is 7.58. The molecule has 30 heavy (non-hydrogen) atoms. The fourth-order valence-corrected chi connectivity index (χ4v) is 3.98. The third-order valence-electron chi connectivity index (χ3n) is 5.53. The smallest absolute Gasteiger partial charge is 0.274 e. The zero-order chi connectivity index (χ0) is 20.3. The summed E-state index contributed by atoms with van der Waals surface area (Å²) in [6.45, 7) is 2.79. The molecule has 4 aromatic rings. The molecule has 0 unspecified atom stereocenters. The van der Waals surface area contributed by atoms with Crippen molar-refractivity contribution in [1.29, 1.82) is 0 Å². The number of carbonyl (C=O) groups is 1. The molecule has 7 nitrogen and oxygen atoms in total. The maximum absolute atomic E-state index is 13.0. The van der Waals surface area contributed by atoms with E-state index < -0.39 is 0 Å². The van der Waals surface area contributed by atoms with Crippen LogP contribution in [0.25, 0.3) is 16.9 Å². The third-order valence-corrected chi connectivity index (χ3v) is 5.53. The number of fused-ring (bicyclic) bond motifs is 1. The standard InChI is InChI=1S/C23H24N6O/c30-23(28-11-6-7-12-28)22-20(29-13-5-4-10-21(29)25-22)16-24-15-18-14-19(27-26-18)17-8-2-1-3-9-17/h1-5,8-10,13-14,24H,6-7,11-12,15-16H2,(H,26,27). The number of aromatic nitrogens is 4. The Morgan fingerprint density at radius 2 is 1.83 bits per heavy atom. The van der Waals surface area contributed by atoms with Gasteiger partial charge in [-0.2, -0.15) is 5.10 Å². The Kier molecular flexibility index (Phi) is 5.03. The highest BCUT2D eigenvalue weighted by molar-refractivity contribution is 5.94. The van der Waals surface area contributed by atoms with Gasteiger partial charge in [-0.15, -0.1) is 0 Å². The highest BCUT2D eigenvalue weighted by Gasteiger charge is 2.25. The first kappa shape index (κ1) is 18.6. The lowest BCUT2D eigenvalue weighted by Crippen LogP contribution is -2.29. The Balaban J connectivity index is 1.33. The number of likely N-dealkylation sites (tertiary alicyclic amines) is 1. The first-order chi connectivity index (χ1) is 14.8. The number of rotatable bonds is 6. The van der Waals surface area contributed by atoms with Crippen LogP contribution in [-0.4, -0.2) is 43.5 Å². The average Bonchev–Trinajstić information content (AvgIpc) is 3.54. The predicted octanol–water partition coefficient (Wildman–Crippen LogP) is 3.25. The van der Waals surface area contributed by atoms with Crippen LogP contribution in [-0.2, 0) is 13.1 Å². The van der Waals surface area contributed by atoms with E-state index in [1.165, 1.54) is 0 Å². The van der Waals surface area contributed by atoms with Gasteiger partial charge in [0.1, 0.15) is 5.65 Å². The lowest BCUT2D eigenvalue weighted by molar-refractivity contribution is 0.0786. The Morgan fingerprint density at radius 1 is 1.03 bits per heavy atom. The lowest BCUT2D eigenvalue weighted by Gasteiger charge is -2.15. The number of carbonyl (C=O) groups excluding carboxylic acids is 1. The molecule has 5 rings (SSSR count). The molecular formula is C23H24N6O. The molecule has 0 atom stereocenters. The fraction of sp³-hybridized carbons (Fsp3) is 0.261. The normalized spacial score (nSPS) is 13.9. The number of hydrogen-bond acceptors (Lipinski definition) is 4. The van der Waals surface area contributed by atoms with E-state index in [2.05, 4.69) is 20.5 Å². The first-order valence-electron chi connectivity index (χ1n) is 10.4. The van der Waals surface area contributed by atoms with Crippen molar-refractivity contribution in [2.45, 2.75) is 25.9 Å². The first-order valence-corrected chi connectivity index (χ1v) is 10.4. The van der Waals surface area contributed by atoms with Crippen molar-refractivity contribution >= 4 is 11.6 Å². The number of nitrogens with zero attached hydrogens (tertiary/aromatic N) is 4. The maximum Gasteiger partial charge on any atom is 0.274 e. The Labute approximate surface area is 174 Å². The van der Waals surface area contributed by atoms with Gasteiger partial charge in [0.15, 0.2) is 5.69 Å². The van der Waals surface area contributed by atoms with Gasteiger partial charge in [-0.25, -0.2) is 4.98 Å². The van der Waals surface area contributed by atoms with E-state index in [4.69, 9.17) is 0 Å². The van der Waals surface area contributed by atoms with Crippen LogP contribution in [0.1, 0.15) is 34.7 Å². The van der Waals surface area contributed by atoms with Crippen LogP contribution in [0.2, 0.25) is 0 Å². The molecule has 0 saturated carbocycles. The van der Waals surface area contributed by atoms with Crippen LogP contribution < -0.4 is 5.32 Å². The number of benzene rings is 1. The predicted molar refractivity (Wildman–Crippen MR) is 115 cm³/mol. The van der Waals surface area contributed by atoms with E-state index in [9.17, 15) is 4.79 Å². The molecule has 0 bridgehead atoms. The van der Waals surface area contributed by atoms with E-state index >= 15 is 0 Å². The van der Waals surface area contributed by atoms with E-state index in [0.717, 1.165) is 54.2 Å². The summed E-state index contributed by atoms with van der Waals surface area (Å²) in [6.07, 6.45) is 4.09. The van der Waals surface area contributed by atoms with E-state index in [0.29, 0.717) is 18.8 Å². The molecule has 1 aliphatic rings. The van der Waals surface area contributed by atoms with Crippen LogP contribution in [0.4, 0.5) is 0 Å². The van der Waals surface area contributed by atoms with Crippen molar-refractivity contribution in [2.75, 3.05) is 13.1 Å². The molecular weight excluding hydrogens is 376 g/mol. The van der Waals surface area contributed by atoms with Crippen molar-refractivity contribution in [3.8, 4) is 11.3 Å². The third kappa shape index (κ3) is 3.59. The molecule has 3 aromatic heterocycles. The number of hydrogen-bond donors (Lipinski definition) is 2. The summed E-state index contributed by atoms with van der Waals surface area (Å²) < 4.78 is 2.00. The number of H-pyrrole nitrogens is 1. The number of imidazole rings is 1. The summed E-state index contributed by atoms with van der Waals surface area (Å²) in [5, 5.41) is 10.9. The van der Waals surface area contributed by atoms with E-state index in [-0.39, 0.29) is 5.91 Å². The molecule has 1 fully saturated rings. The summed E-state index contributed by atoms with van der Waals surface area (Å²) >= 11 is 0. The Hall–Kier alpha value is -3.45. The Morgan fingerprint density at radius 3 is 2.67 bits per heavy atom. The van der Waals surface area contributed by atoms with Gasteiger partial charge in [-0.1, -0.05) is 36.4 Å². The summed E-state index contributed by atoms with van der Waals surface area (Å²) in [5.41, 5.74) is 5.24. The molecule has 2 N–H and O–H groups in total. The SMILES string of the molecule is O=C(c1nc2ccccn2c1CNCc1cc(-c2ccccc2)n[nH]1)N1CCCC1. The number of aromatic amines is 1. The van der Waals surface area contributed by atoms with Gasteiger partial charge in [0.2, 0.25) is 0 Å². The minimum absolute atomic E-state index is 0.0286. The van der Waals surface area contributed by atoms with Crippen molar-refractivity contribution < 1.29 is 4.79 Å². The monoisotopic (exact) mass is 400 g/mol. The van der Waals surface area contributed by atoms with Gasteiger partial charge in [-0.3, -0.25) is 9.89 Å². The van der Waals surface area contributed by atoms with Gasteiger partial charge in [0.05, 0.1) is 11.4 Å². The topological polar surface area (TPSA) is 78.3 Å². The second-order valence-corrected chi connectivity index (χ2v) is 7.58. The minimum atomic E-state index is 0.0286. The quantitative estimate of drug-likeness (QED) is 0.521. The van der Waals surface area contributed by atoms with Crippen LogP contribution in [0.5, 0.6) is 0 Å². The second kappa shape index (κ2) is 8.12. The van der Waals surface area contributed by atoms with Gasteiger partial charge < -0.3 is 14.6 Å². The zero-order valence-corrected chi connectivity index (χ0v) is 16.7. The minimum Gasteiger partial charge on any atom is -0.337 e. The lowest BCUT2D eigenvalue weighted by atomic mass is 10.1. The fourth-order valence-electron chi connectivity index (χ4n) is 3.98. The molecule has 1 aromatic carbocycles. The van der Waals surface area contributed by atoms with Crippen LogP contribution in [0.15, 0.2) is 60.8 Å². The van der Waals surface area contributed by atoms with E-state index in [1.54, 1.807) is 0 Å². The molecule has 0 aliphatic carbocycles. The van der Waals surface area contributed by atoms with Gasteiger partial charge in [0, 0.05) is 43.6 Å². The molecule has 152 valence electrons. The highest BCUT2D eigenvalue weighted by Crippen LogP contribution is 2.19. The summed E-state index contributed by atoms with van der Waals surface area (Å²) in [7, 11) is 0. The van der Waals surface area contributed by atoms with Gasteiger partial charge >= 0.3 is 0 Å². The van der Waals surface area contributed by atoms with Crippen LogP contribution >= 0.6 is 0 Å². The molecule has 4 heterocycles. The largest absolute Gasteiger partial charge is 0.337 e. The summed E-state index contributed by atoms with van der Waals surface area (Å²) in [4.78, 5) is 19.6. The van der Waals surface area contributed by atoms with E-state index in [1.807, 2.05) is 70.1 Å². The van der Waals surface area contributed by atoms with Crippen molar-refractivity contribution in [1.82, 2.24) is 29.8 Å². The van der Waals surface area contributed by atoms with Crippen molar-refractivity contribution in [3.63, 3.8) is 0 Å². The maximum atomic E-state index is 13.0. The number of nitrogens with one attached hydrogen (secondary N) is 2. The molecule has 0 radical (unpaired) electrons. The molecule has 1 aliphatic heterocycles. The van der Waals surface area contributed by atoms with Gasteiger partial charge in [-0.05, 0) is 31.0 Å². The average molecular weight is 400 g/mol. The van der Waals surface area contributed by atoms with Crippen LogP contribution in [0, 0.1) is 0 Å². The van der Waals surface area contributed by atoms with Crippen LogP contribution in [0.3, 0.4) is 0 Å². The number of amides is 1. The van der Waals surface area contributed by atoms with Gasteiger partial charge in [0.25, 0.3) is 5.91 Å². The van der Waals surface area contributed by atoms with Crippen molar-refractivity contribution in [3.05, 3.63) is 77.9 Å². The molecule has 0 spiro atoms. The summed E-state index contributed by atoms with van der Waals surface area (Å²) in [6, 6.07) is 18.0.